The maximum atomic E-state index is 12.1. The third-order valence-corrected chi connectivity index (χ3v) is 3.41. The lowest BCUT2D eigenvalue weighted by Crippen LogP contribution is -2.11. The van der Waals surface area contributed by atoms with Gasteiger partial charge in [-0.2, -0.15) is 4.98 Å². The molecule has 5 nitrogen and oxygen atoms in total. The molecular weight excluding hydrogens is 262 g/mol. The molecule has 2 N–H and O–H groups in total. The minimum atomic E-state index is -0.373. The minimum Gasteiger partial charge on any atom is -0.493 e. The monoisotopic (exact) mass is 271 g/mol. The van der Waals surface area contributed by atoms with Crippen molar-refractivity contribution in [3.05, 3.63) is 52.4 Å². The van der Waals surface area contributed by atoms with Crippen molar-refractivity contribution in [3.63, 3.8) is 0 Å². The van der Waals surface area contributed by atoms with E-state index in [1.54, 1.807) is 36.0 Å². The zero-order valence-electron chi connectivity index (χ0n) is 9.70. The Morgan fingerprint density at radius 3 is 2.63 bits per heavy atom. The number of hydrogen-bond acceptors (Lipinski definition) is 5. The van der Waals surface area contributed by atoms with E-state index < -0.39 is 0 Å². The van der Waals surface area contributed by atoms with Crippen LogP contribution in [0.4, 0.5) is 0 Å². The fourth-order valence-electron chi connectivity index (χ4n) is 1.78. The molecule has 0 amide bonds. The Labute approximate surface area is 112 Å². The van der Waals surface area contributed by atoms with Crippen molar-refractivity contribution < 1.29 is 5.11 Å². The van der Waals surface area contributed by atoms with Crippen LogP contribution in [0.1, 0.15) is 0 Å². The molecule has 0 aliphatic rings. The van der Waals surface area contributed by atoms with Crippen LogP contribution in [-0.4, -0.2) is 20.1 Å². The summed E-state index contributed by atoms with van der Waals surface area (Å²) in [6.45, 7) is 0. The van der Waals surface area contributed by atoms with Gasteiger partial charge in [-0.15, -0.1) is 11.3 Å². The molecule has 3 rings (SSSR count). The van der Waals surface area contributed by atoms with E-state index in [0.717, 1.165) is 0 Å². The van der Waals surface area contributed by atoms with Gasteiger partial charge in [0.15, 0.2) is 5.82 Å². The third-order valence-electron chi connectivity index (χ3n) is 2.63. The van der Waals surface area contributed by atoms with Crippen molar-refractivity contribution in [2.45, 2.75) is 0 Å². The summed E-state index contributed by atoms with van der Waals surface area (Å²) in [5.41, 5.74) is 2.07. The highest BCUT2D eigenvalue weighted by Gasteiger charge is 2.14. The van der Waals surface area contributed by atoms with Gasteiger partial charge in [0.05, 0.1) is 10.4 Å². The van der Waals surface area contributed by atoms with E-state index in [0.29, 0.717) is 16.3 Å². The number of hydrogen-bond donors (Lipinski definition) is 2. The Kier molecular flexibility index (Phi) is 2.85. The van der Waals surface area contributed by atoms with E-state index in [-0.39, 0.29) is 17.0 Å². The van der Waals surface area contributed by atoms with Crippen molar-refractivity contribution in [1.29, 1.82) is 0 Å². The number of benzene rings is 1. The van der Waals surface area contributed by atoms with Gasteiger partial charge >= 0.3 is 0 Å². The molecule has 0 fully saturated rings. The van der Waals surface area contributed by atoms with Gasteiger partial charge in [0, 0.05) is 6.20 Å². The predicted molar refractivity (Wildman–Crippen MR) is 73.1 cm³/mol. The maximum Gasteiger partial charge on any atom is 0.262 e. The smallest absolute Gasteiger partial charge is 0.262 e. The summed E-state index contributed by atoms with van der Waals surface area (Å²) in [7, 11) is 0. The average Bonchev–Trinajstić information content (AvgIpc) is 2.93. The van der Waals surface area contributed by atoms with Gasteiger partial charge in [-0.05, 0) is 5.56 Å². The highest BCUT2D eigenvalue weighted by molar-refractivity contribution is 7.13. The molecule has 0 aliphatic heterocycles. The van der Waals surface area contributed by atoms with Gasteiger partial charge in [-0.25, -0.2) is 0 Å². The molecule has 3 aromatic rings. The molecule has 0 bridgehead atoms. The van der Waals surface area contributed by atoms with Crippen LogP contribution in [0.3, 0.4) is 0 Å². The first-order valence-electron chi connectivity index (χ1n) is 5.53. The number of thiazole rings is 1. The van der Waals surface area contributed by atoms with Crippen molar-refractivity contribution >= 4 is 11.3 Å². The zero-order valence-corrected chi connectivity index (χ0v) is 10.5. The molecule has 2 aromatic heterocycles. The molecule has 0 saturated carbocycles. The quantitative estimate of drug-likeness (QED) is 0.749. The van der Waals surface area contributed by atoms with Crippen LogP contribution in [0.25, 0.3) is 21.8 Å². The summed E-state index contributed by atoms with van der Waals surface area (Å²) in [5.74, 6) is 0.0445. The largest absolute Gasteiger partial charge is 0.493 e. The second kappa shape index (κ2) is 4.66. The second-order valence-electron chi connectivity index (χ2n) is 3.84. The summed E-state index contributed by atoms with van der Waals surface area (Å²) >= 11 is 1.34. The first-order valence-corrected chi connectivity index (χ1v) is 6.41. The standard InChI is InChI=1S/C13H9N3O2S/c17-12-10(8-4-2-1-3-5-8)13(18)16-11(15-12)9-6-14-7-19-9/h1-7H,(H2,15,16,17,18). The predicted octanol–water partition coefficient (Wildman–Crippen LogP) is 2.27. The molecule has 0 aliphatic carbocycles. The summed E-state index contributed by atoms with van der Waals surface area (Å²) in [6.07, 6.45) is 1.59. The Bertz CT molecular complexity index is 751. The van der Waals surface area contributed by atoms with E-state index in [2.05, 4.69) is 15.0 Å². The molecule has 19 heavy (non-hydrogen) atoms. The number of rotatable bonds is 2. The maximum absolute atomic E-state index is 12.1. The first-order chi connectivity index (χ1) is 9.25. The topological polar surface area (TPSA) is 78.9 Å². The first kappa shape index (κ1) is 11.6. The molecule has 2 heterocycles. The molecule has 6 heteroatoms. The van der Waals surface area contributed by atoms with Gasteiger partial charge in [-0.3, -0.25) is 9.78 Å². The Morgan fingerprint density at radius 2 is 2.00 bits per heavy atom. The summed E-state index contributed by atoms with van der Waals surface area (Å²) in [6, 6.07) is 8.93. The van der Waals surface area contributed by atoms with E-state index in [4.69, 9.17) is 0 Å². The van der Waals surface area contributed by atoms with E-state index >= 15 is 0 Å². The summed E-state index contributed by atoms with van der Waals surface area (Å²) < 4.78 is 0. The Hall–Kier alpha value is -2.47. The van der Waals surface area contributed by atoms with Gasteiger partial charge in [0.25, 0.3) is 5.56 Å². The number of nitrogens with zero attached hydrogens (tertiary/aromatic N) is 2. The van der Waals surface area contributed by atoms with Gasteiger partial charge in [-0.1, -0.05) is 30.3 Å². The van der Waals surface area contributed by atoms with Crippen molar-refractivity contribution in [2.75, 3.05) is 0 Å². The third kappa shape index (κ3) is 2.13. The molecule has 0 radical (unpaired) electrons. The van der Waals surface area contributed by atoms with Crippen LogP contribution in [0.5, 0.6) is 5.88 Å². The van der Waals surface area contributed by atoms with Gasteiger partial charge < -0.3 is 10.1 Å². The van der Waals surface area contributed by atoms with Crippen molar-refractivity contribution in [2.24, 2.45) is 0 Å². The minimum absolute atomic E-state index is 0.175. The van der Waals surface area contributed by atoms with Gasteiger partial charge in [0.1, 0.15) is 5.56 Å². The highest BCUT2D eigenvalue weighted by atomic mass is 32.1. The normalized spacial score (nSPS) is 10.5. The number of aromatic amines is 1. The molecule has 0 saturated heterocycles. The Balaban J connectivity index is 2.17. The lowest BCUT2D eigenvalue weighted by Gasteiger charge is -2.04. The molecule has 94 valence electrons. The van der Waals surface area contributed by atoms with Crippen molar-refractivity contribution in [1.82, 2.24) is 15.0 Å². The van der Waals surface area contributed by atoms with E-state index in [1.165, 1.54) is 11.3 Å². The number of H-pyrrole nitrogens is 1. The highest BCUT2D eigenvalue weighted by Crippen LogP contribution is 2.26. The summed E-state index contributed by atoms with van der Waals surface area (Å²) in [5, 5.41) is 9.98. The SMILES string of the molecule is O=c1[nH]c(-c2cncs2)nc(O)c1-c1ccccc1. The molecule has 0 unspecified atom stereocenters. The second-order valence-corrected chi connectivity index (χ2v) is 4.73. The van der Waals surface area contributed by atoms with Crippen LogP contribution >= 0.6 is 11.3 Å². The number of aromatic nitrogens is 3. The Morgan fingerprint density at radius 1 is 1.21 bits per heavy atom. The van der Waals surface area contributed by atoms with Crippen LogP contribution in [0, 0.1) is 0 Å². The van der Waals surface area contributed by atoms with Crippen LogP contribution in [0.2, 0.25) is 0 Å². The summed E-state index contributed by atoms with van der Waals surface area (Å²) in [4.78, 5) is 23.4. The zero-order chi connectivity index (χ0) is 13.2. The van der Waals surface area contributed by atoms with Crippen LogP contribution < -0.4 is 5.56 Å². The lowest BCUT2D eigenvalue weighted by molar-refractivity contribution is 0.454. The fourth-order valence-corrected chi connectivity index (χ4v) is 2.34. The lowest BCUT2D eigenvalue weighted by atomic mass is 10.1. The van der Waals surface area contributed by atoms with Crippen LogP contribution in [0.15, 0.2) is 46.8 Å². The average molecular weight is 271 g/mol. The van der Waals surface area contributed by atoms with E-state index in [1.807, 2.05) is 6.07 Å². The van der Waals surface area contributed by atoms with E-state index in [9.17, 15) is 9.90 Å². The fraction of sp³-hybridized carbons (Fsp3) is 0. The number of nitrogens with one attached hydrogen (secondary N) is 1. The number of aromatic hydroxyl groups is 1. The molecule has 1 aromatic carbocycles. The molecular formula is C13H9N3O2S. The molecule has 0 spiro atoms. The molecule has 0 atom stereocenters. The van der Waals surface area contributed by atoms with Crippen molar-refractivity contribution in [3.8, 4) is 27.7 Å². The van der Waals surface area contributed by atoms with Gasteiger partial charge in [0.2, 0.25) is 5.88 Å². The van der Waals surface area contributed by atoms with Crippen LogP contribution in [-0.2, 0) is 0 Å².